The van der Waals surface area contributed by atoms with E-state index in [1.165, 1.54) is 36.8 Å². The van der Waals surface area contributed by atoms with E-state index in [0.29, 0.717) is 0 Å². The fourth-order valence-electron chi connectivity index (χ4n) is 2.99. The SMILES string of the molecule is CCC[CH]=[Ti+2]([CH2]CC1=CC=CC1)[C]1=C(C)CC=C1C.[Cl-].[Cl-]. The summed E-state index contributed by atoms with van der Waals surface area (Å²) in [6.07, 6.45) is 15.6. The van der Waals surface area contributed by atoms with Gasteiger partial charge in [-0.15, -0.1) is 0 Å². The Labute approximate surface area is 148 Å². The van der Waals surface area contributed by atoms with Crippen LogP contribution in [0.25, 0.3) is 0 Å². The van der Waals surface area contributed by atoms with Crippen molar-refractivity contribution in [3.8, 4) is 0 Å². The third-order valence-electron chi connectivity index (χ3n) is 4.10. The van der Waals surface area contributed by atoms with Crippen molar-refractivity contribution in [2.45, 2.75) is 57.6 Å². The first kappa shape index (κ1) is 21.1. The summed E-state index contributed by atoms with van der Waals surface area (Å²) in [5.74, 6) is 0. The van der Waals surface area contributed by atoms with Crippen molar-refractivity contribution in [3.05, 3.63) is 44.9 Å². The fraction of sp³-hybridized carbons (Fsp3) is 0.500. The van der Waals surface area contributed by atoms with Crippen molar-refractivity contribution in [2.75, 3.05) is 0 Å². The molecule has 2 rings (SSSR count). The van der Waals surface area contributed by atoms with Crippen LogP contribution in [-0.4, -0.2) is 4.31 Å². The number of unbranched alkanes of at least 4 members (excludes halogenated alkanes) is 1. The molecule has 0 spiro atoms. The Morgan fingerprint density at radius 1 is 1.19 bits per heavy atom. The standard InChI is InChI=1S/2C7H9.C4H8.2ClH.Ti/c1-6-3-4-7(2)5-6;1-2-7-5-3-4-6-7;1-3-4-2;;;/h3H,4H2,1-2H3;3-5H,1-2,6H2;1H,3-4H2,2H3;2*1H;/q;;;;;+2/p-2. The van der Waals surface area contributed by atoms with Gasteiger partial charge in [0.2, 0.25) is 0 Å². The van der Waals surface area contributed by atoms with Gasteiger partial charge in [-0.1, -0.05) is 0 Å². The van der Waals surface area contributed by atoms with Crippen molar-refractivity contribution in [2.24, 2.45) is 0 Å². The molecule has 0 saturated carbocycles. The van der Waals surface area contributed by atoms with Gasteiger partial charge in [0.05, 0.1) is 0 Å². The molecule has 0 aromatic rings. The Balaban J connectivity index is 0.00000200. The van der Waals surface area contributed by atoms with E-state index < -0.39 is 17.4 Å². The zero-order valence-corrected chi connectivity index (χ0v) is 16.5. The summed E-state index contributed by atoms with van der Waals surface area (Å²) in [6.45, 7) is 6.98. The minimum Gasteiger partial charge on any atom is -1.00 e. The van der Waals surface area contributed by atoms with Crippen molar-refractivity contribution in [3.63, 3.8) is 0 Å². The molecular weight excluding hydrogens is 335 g/mol. The van der Waals surface area contributed by atoms with Crippen molar-refractivity contribution < 1.29 is 42.2 Å². The number of halogens is 2. The molecule has 3 heteroatoms. The normalized spacial score (nSPS) is 16.5. The zero-order valence-electron chi connectivity index (χ0n) is 13.4. The van der Waals surface area contributed by atoms with Crippen LogP contribution in [0.1, 0.15) is 52.9 Å². The van der Waals surface area contributed by atoms with Gasteiger partial charge in [0.1, 0.15) is 0 Å². The van der Waals surface area contributed by atoms with Crippen molar-refractivity contribution in [1.29, 1.82) is 0 Å². The van der Waals surface area contributed by atoms with Gasteiger partial charge < -0.3 is 24.8 Å². The van der Waals surface area contributed by atoms with E-state index in [-0.39, 0.29) is 24.8 Å². The summed E-state index contributed by atoms with van der Waals surface area (Å²) in [4.78, 5) is 0. The third kappa shape index (κ3) is 6.02. The van der Waals surface area contributed by atoms with Crippen LogP contribution < -0.4 is 24.8 Å². The molecule has 0 bridgehead atoms. The maximum Gasteiger partial charge on any atom is -1.00 e. The second-order valence-corrected chi connectivity index (χ2v) is 9.56. The summed E-state index contributed by atoms with van der Waals surface area (Å²) in [7, 11) is 0. The topological polar surface area (TPSA) is 0 Å². The third-order valence-corrected chi connectivity index (χ3v) is 8.84. The van der Waals surface area contributed by atoms with E-state index in [4.69, 9.17) is 0 Å². The molecule has 0 amide bonds. The Bertz CT molecular complexity index is 493. The summed E-state index contributed by atoms with van der Waals surface area (Å²) >= 11 is -1.16. The molecule has 0 N–H and O–H groups in total. The second-order valence-electron chi connectivity index (χ2n) is 5.72. The van der Waals surface area contributed by atoms with Crippen LogP contribution in [0.4, 0.5) is 0 Å². The maximum absolute atomic E-state index is 2.73. The first-order chi connectivity index (χ1) is 9.22. The number of hydrogen-bond acceptors (Lipinski definition) is 0. The number of allylic oxidation sites excluding steroid dienone is 8. The first-order valence-electron chi connectivity index (χ1n) is 7.63. The van der Waals surface area contributed by atoms with Gasteiger partial charge >= 0.3 is 124 Å². The van der Waals surface area contributed by atoms with Gasteiger partial charge in [-0.25, -0.2) is 0 Å². The molecule has 0 saturated heterocycles. The van der Waals surface area contributed by atoms with Crippen LogP contribution >= 0.6 is 0 Å². The largest absolute Gasteiger partial charge is 1.00 e. The molecule has 116 valence electrons. The second kappa shape index (κ2) is 10.8. The fourth-order valence-corrected chi connectivity index (χ4v) is 7.90. The smallest absolute Gasteiger partial charge is 1.00 e. The van der Waals surface area contributed by atoms with Gasteiger partial charge in [-0.05, 0) is 0 Å². The summed E-state index contributed by atoms with van der Waals surface area (Å²) in [5.41, 5.74) is 4.91. The van der Waals surface area contributed by atoms with Crippen molar-refractivity contribution >= 4 is 4.31 Å². The molecule has 21 heavy (non-hydrogen) atoms. The Morgan fingerprint density at radius 2 is 1.95 bits per heavy atom. The Morgan fingerprint density at radius 3 is 2.48 bits per heavy atom. The molecule has 2 aliphatic rings. The Kier molecular flexibility index (Phi) is 10.8. The maximum atomic E-state index is 2.73. The van der Waals surface area contributed by atoms with Gasteiger partial charge in [0.15, 0.2) is 0 Å². The van der Waals surface area contributed by atoms with E-state index in [1.54, 1.807) is 20.6 Å². The van der Waals surface area contributed by atoms with Gasteiger partial charge in [-0.3, -0.25) is 0 Å². The zero-order chi connectivity index (χ0) is 13.7. The van der Waals surface area contributed by atoms with Crippen LogP contribution in [0.3, 0.4) is 0 Å². The van der Waals surface area contributed by atoms with Crippen LogP contribution in [0.15, 0.2) is 44.9 Å². The molecule has 0 heterocycles. The van der Waals surface area contributed by atoms with E-state index in [1.807, 2.05) is 0 Å². The van der Waals surface area contributed by atoms with Crippen molar-refractivity contribution in [1.82, 2.24) is 0 Å². The molecule has 0 unspecified atom stereocenters. The van der Waals surface area contributed by atoms with Gasteiger partial charge in [-0.2, -0.15) is 0 Å². The first-order valence-corrected chi connectivity index (χ1v) is 10.4. The van der Waals surface area contributed by atoms with E-state index in [2.05, 4.69) is 49.4 Å². The van der Waals surface area contributed by atoms with E-state index in [0.717, 1.165) is 0 Å². The predicted octanol–water partition coefficient (Wildman–Crippen LogP) is -0.466. The molecule has 2 aliphatic carbocycles. The van der Waals surface area contributed by atoms with Crippen LogP contribution in [0.5, 0.6) is 0 Å². The molecule has 0 aliphatic heterocycles. The summed E-state index contributed by atoms with van der Waals surface area (Å²) < 4.78 is 5.98. The van der Waals surface area contributed by atoms with Crippen LogP contribution in [-0.2, 0) is 17.4 Å². The molecule has 0 aromatic heterocycles. The van der Waals surface area contributed by atoms with Gasteiger partial charge in [0.25, 0.3) is 0 Å². The summed E-state index contributed by atoms with van der Waals surface area (Å²) in [6, 6.07) is 0. The molecule has 0 aromatic carbocycles. The van der Waals surface area contributed by atoms with Crippen LogP contribution in [0, 0.1) is 0 Å². The molecule has 0 nitrogen and oxygen atoms in total. The Hall–Kier alpha value is 0.124. The average molecular weight is 361 g/mol. The van der Waals surface area contributed by atoms with E-state index >= 15 is 0 Å². The van der Waals surface area contributed by atoms with Gasteiger partial charge in [0, 0.05) is 0 Å². The minimum atomic E-state index is -1.16. The molecular formula is C18H26Cl2Ti. The van der Waals surface area contributed by atoms with Crippen LogP contribution in [0.2, 0.25) is 4.73 Å². The molecule has 0 fully saturated rings. The summed E-state index contributed by atoms with van der Waals surface area (Å²) in [5, 5.41) is 0. The molecule has 0 radical (unpaired) electrons. The molecule has 0 atom stereocenters. The average Bonchev–Trinajstić information content (AvgIpc) is 3.02. The predicted molar refractivity (Wildman–Crippen MR) is 83.3 cm³/mol. The number of hydrogen-bond donors (Lipinski definition) is 0. The monoisotopic (exact) mass is 360 g/mol. The van der Waals surface area contributed by atoms with E-state index in [9.17, 15) is 0 Å². The minimum absolute atomic E-state index is 0. The number of rotatable bonds is 6. The quantitative estimate of drug-likeness (QED) is 0.562.